The summed E-state index contributed by atoms with van der Waals surface area (Å²) in [6.07, 6.45) is 4.29. The molecule has 1 atom stereocenters. The second kappa shape index (κ2) is 5.91. The molecule has 0 unspecified atom stereocenters. The molecule has 1 fully saturated rings. The van der Waals surface area contributed by atoms with Crippen LogP contribution in [0.2, 0.25) is 0 Å². The van der Waals surface area contributed by atoms with Gasteiger partial charge in [0.05, 0.1) is 6.61 Å². The van der Waals surface area contributed by atoms with Crippen LogP contribution in [0.25, 0.3) is 0 Å². The van der Waals surface area contributed by atoms with E-state index in [1.54, 1.807) is 0 Å². The summed E-state index contributed by atoms with van der Waals surface area (Å²) in [5.74, 6) is 1.08. The van der Waals surface area contributed by atoms with Gasteiger partial charge in [0.25, 0.3) is 0 Å². The molecule has 3 nitrogen and oxygen atoms in total. The predicted octanol–water partition coefficient (Wildman–Crippen LogP) is 2.94. The molecule has 0 radical (unpaired) electrons. The number of aliphatic hydroxyl groups is 1. The van der Waals surface area contributed by atoms with Gasteiger partial charge in [-0.05, 0) is 44.2 Å². The minimum atomic E-state index is 0.0667. The van der Waals surface area contributed by atoms with Gasteiger partial charge in [0.15, 0.2) is 0 Å². The zero-order chi connectivity index (χ0) is 13.9. The fraction of sp³-hybridized carbons (Fsp3) is 0.688. The third-order valence-corrected chi connectivity index (χ3v) is 4.59. The van der Waals surface area contributed by atoms with Crippen LogP contribution in [0.1, 0.15) is 44.4 Å². The van der Waals surface area contributed by atoms with Gasteiger partial charge in [0.1, 0.15) is 5.82 Å². The molecule has 1 aliphatic heterocycles. The smallest absolute Gasteiger partial charge is 0.128 e. The van der Waals surface area contributed by atoms with Gasteiger partial charge in [-0.2, -0.15) is 0 Å². The zero-order valence-corrected chi connectivity index (χ0v) is 12.4. The minimum absolute atomic E-state index is 0.0667. The Morgan fingerprint density at radius 1 is 1.37 bits per heavy atom. The number of rotatable bonds is 4. The molecule has 0 saturated carbocycles. The highest BCUT2D eigenvalue weighted by Gasteiger charge is 2.33. The quantitative estimate of drug-likeness (QED) is 0.906. The lowest BCUT2D eigenvalue weighted by atomic mass is 9.78. The van der Waals surface area contributed by atoms with Crippen LogP contribution in [0.4, 0.5) is 5.82 Å². The molecule has 0 aliphatic carbocycles. The Labute approximate surface area is 116 Å². The first-order valence-corrected chi connectivity index (χ1v) is 7.46. The first-order valence-electron chi connectivity index (χ1n) is 7.46. The molecule has 1 saturated heterocycles. The van der Waals surface area contributed by atoms with Crippen molar-refractivity contribution in [3.63, 3.8) is 0 Å². The molecule has 1 aromatic heterocycles. The fourth-order valence-corrected chi connectivity index (χ4v) is 3.03. The van der Waals surface area contributed by atoms with E-state index in [-0.39, 0.29) is 12.0 Å². The van der Waals surface area contributed by atoms with Crippen molar-refractivity contribution in [3.8, 4) is 0 Å². The summed E-state index contributed by atoms with van der Waals surface area (Å²) in [5.41, 5.74) is 2.53. The molecule has 106 valence electrons. The van der Waals surface area contributed by atoms with Gasteiger partial charge in [-0.3, -0.25) is 0 Å². The number of nitrogens with zero attached hydrogens (tertiary/aromatic N) is 2. The van der Waals surface area contributed by atoms with Crippen LogP contribution < -0.4 is 4.90 Å². The predicted molar refractivity (Wildman–Crippen MR) is 79.6 cm³/mol. The van der Waals surface area contributed by atoms with Crippen LogP contribution in [0, 0.1) is 12.3 Å². The van der Waals surface area contributed by atoms with E-state index in [9.17, 15) is 5.11 Å². The molecule has 1 aliphatic rings. The summed E-state index contributed by atoms with van der Waals surface area (Å²) >= 11 is 0. The van der Waals surface area contributed by atoms with E-state index in [4.69, 9.17) is 4.98 Å². The van der Waals surface area contributed by atoms with E-state index in [1.807, 2.05) is 0 Å². The number of anilines is 1. The lowest BCUT2D eigenvalue weighted by Crippen LogP contribution is -2.45. The van der Waals surface area contributed by atoms with E-state index >= 15 is 0 Å². The van der Waals surface area contributed by atoms with E-state index < -0.39 is 0 Å². The maximum Gasteiger partial charge on any atom is 0.128 e. The third-order valence-electron chi connectivity index (χ3n) is 4.59. The number of aliphatic hydroxyl groups excluding tert-OH is 1. The average Bonchev–Trinajstić information content (AvgIpc) is 2.47. The zero-order valence-electron chi connectivity index (χ0n) is 12.4. The molecule has 19 heavy (non-hydrogen) atoms. The lowest BCUT2D eigenvalue weighted by molar-refractivity contribution is 0.101. The Morgan fingerprint density at radius 3 is 2.79 bits per heavy atom. The topological polar surface area (TPSA) is 36.4 Å². The Morgan fingerprint density at radius 2 is 2.16 bits per heavy atom. The lowest BCUT2D eigenvalue weighted by Gasteiger charge is -2.42. The first kappa shape index (κ1) is 14.3. The van der Waals surface area contributed by atoms with Gasteiger partial charge in [0, 0.05) is 24.2 Å². The molecule has 0 bridgehead atoms. The van der Waals surface area contributed by atoms with Crippen LogP contribution in [-0.2, 0) is 6.42 Å². The van der Waals surface area contributed by atoms with Crippen LogP contribution in [-0.4, -0.2) is 29.8 Å². The van der Waals surface area contributed by atoms with Crippen LogP contribution in [0.5, 0.6) is 0 Å². The monoisotopic (exact) mass is 262 g/mol. The van der Waals surface area contributed by atoms with Crippen LogP contribution in [0.3, 0.4) is 0 Å². The van der Waals surface area contributed by atoms with Crippen molar-refractivity contribution < 1.29 is 5.11 Å². The molecule has 2 rings (SSSR count). The summed E-state index contributed by atoms with van der Waals surface area (Å²) in [4.78, 5) is 7.14. The van der Waals surface area contributed by atoms with Crippen LogP contribution in [0.15, 0.2) is 12.1 Å². The molecule has 3 heteroatoms. The molecule has 1 aromatic rings. The number of hydrogen-bond acceptors (Lipinski definition) is 3. The summed E-state index contributed by atoms with van der Waals surface area (Å²) < 4.78 is 0. The van der Waals surface area contributed by atoms with Gasteiger partial charge in [-0.15, -0.1) is 0 Å². The maximum absolute atomic E-state index is 9.70. The largest absolute Gasteiger partial charge is 0.396 e. The van der Waals surface area contributed by atoms with E-state index in [0.29, 0.717) is 0 Å². The molecule has 0 amide bonds. The molecular formula is C16H26N2O. The molecule has 0 aromatic carbocycles. The highest BCUT2D eigenvalue weighted by atomic mass is 16.3. The number of pyridine rings is 1. The van der Waals surface area contributed by atoms with Gasteiger partial charge in [0.2, 0.25) is 0 Å². The number of piperidine rings is 1. The molecule has 1 N–H and O–H groups in total. The van der Waals surface area contributed by atoms with Crippen LogP contribution >= 0.6 is 0 Å². The molecular weight excluding hydrogens is 236 g/mol. The number of hydrogen-bond donors (Lipinski definition) is 1. The Hall–Kier alpha value is -1.09. The average molecular weight is 262 g/mol. The summed E-state index contributed by atoms with van der Waals surface area (Å²) in [7, 11) is 0. The summed E-state index contributed by atoms with van der Waals surface area (Å²) in [6.45, 7) is 8.72. The second-order valence-corrected chi connectivity index (χ2v) is 5.82. The highest BCUT2D eigenvalue weighted by Crippen LogP contribution is 2.34. The molecule has 0 spiro atoms. The van der Waals surface area contributed by atoms with Gasteiger partial charge >= 0.3 is 0 Å². The number of aryl methyl sites for hydroxylation is 2. The first-order chi connectivity index (χ1) is 9.14. The second-order valence-electron chi connectivity index (χ2n) is 5.82. The van der Waals surface area contributed by atoms with Gasteiger partial charge in [-0.25, -0.2) is 4.98 Å². The maximum atomic E-state index is 9.70. The Bertz CT molecular complexity index is 427. The normalized spacial score (nSPS) is 23.7. The SMILES string of the molecule is CCc1nc(N2CCC[C@](CC)(CO)C2)ccc1C. The Kier molecular flexibility index (Phi) is 4.46. The van der Waals surface area contributed by atoms with E-state index in [0.717, 1.165) is 44.6 Å². The van der Waals surface area contributed by atoms with Crippen molar-refractivity contribution >= 4 is 5.82 Å². The van der Waals surface area contributed by atoms with E-state index in [1.165, 1.54) is 11.3 Å². The van der Waals surface area contributed by atoms with Crippen molar-refractivity contribution in [2.75, 3.05) is 24.6 Å². The van der Waals surface area contributed by atoms with Crippen molar-refractivity contribution in [3.05, 3.63) is 23.4 Å². The highest BCUT2D eigenvalue weighted by molar-refractivity contribution is 5.42. The fourth-order valence-electron chi connectivity index (χ4n) is 3.03. The summed E-state index contributed by atoms with van der Waals surface area (Å²) in [6, 6.07) is 4.29. The standard InChI is InChI=1S/C16H26N2O/c1-4-14-13(3)7-8-15(17-14)18-10-6-9-16(5-2,11-18)12-19/h7-8,19H,4-6,9-12H2,1-3H3/t16-/m0/s1. The summed E-state index contributed by atoms with van der Waals surface area (Å²) in [5, 5.41) is 9.70. The van der Waals surface area contributed by atoms with Crippen molar-refractivity contribution in [1.29, 1.82) is 0 Å². The number of aromatic nitrogens is 1. The molecule has 2 heterocycles. The van der Waals surface area contributed by atoms with Crippen molar-refractivity contribution in [2.45, 2.75) is 46.5 Å². The van der Waals surface area contributed by atoms with Crippen molar-refractivity contribution in [1.82, 2.24) is 4.98 Å². The Balaban J connectivity index is 2.22. The third kappa shape index (κ3) is 2.92. The van der Waals surface area contributed by atoms with E-state index in [2.05, 4.69) is 37.8 Å². The van der Waals surface area contributed by atoms with Gasteiger partial charge in [-0.1, -0.05) is 19.9 Å². The van der Waals surface area contributed by atoms with Crippen molar-refractivity contribution in [2.24, 2.45) is 5.41 Å². The minimum Gasteiger partial charge on any atom is -0.396 e. The van der Waals surface area contributed by atoms with Gasteiger partial charge < -0.3 is 10.0 Å².